The number of para-hydroxylation sites is 1. The second kappa shape index (κ2) is 11.9. The maximum absolute atomic E-state index is 10.4. The van der Waals surface area contributed by atoms with Crippen LogP contribution in [-0.2, 0) is 0 Å². The molecule has 0 bridgehead atoms. The van der Waals surface area contributed by atoms with Crippen LogP contribution in [0.3, 0.4) is 0 Å². The highest BCUT2D eigenvalue weighted by Gasteiger charge is 2.13. The van der Waals surface area contributed by atoms with Crippen molar-refractivity contribution in [1.29, 1.82) is 0 Å². The van der Waals surface area contributed by atoms with Gasteiger partial charge in [0, 0.05) is 11.1 Å². The molecule has 0 N–H and O–H groups in total. The summed E-state index contributed by atoms with van der Waals surface area (Å²) in [6.07, 6.45) is 2.36. The number of fused-ring (bicyclic) bond motifs is 2. The molecule has 8 nitrogen and oxygen atoms in total. The summed E-state index contributed by atoms with van der Waals surface area (Å²) >= 11 is 0. The van der Waals surface area contributed by atoms with E-state index in [1.54, 1.807) is 48.5 Å². The van der Waals surface area contributed by atoms with Crippen LogP contribution in [0.4, 0.5) is 0 Å². The summed E-state index contributed by atoms with van der Waals surface area (Å²) < 4.78 is 25.4. The van der Waals surface area contributed by atoms with Crippen LogP contribution in [0.1, 0.15) is 38.0 Å². The van der Waals surface area contributed by atoms with Crippen LogP contribution in [0, 0.1) is 0 Å². The molecule has 0 radical (unpaired) electrons. The lowest BCUT2D eigenvalue weighted by atomic mass is 10.2. The average Bonchev–Trinajstić information content (AvgIpc) is 3.53. The molecule has 0 aromatic heterocycles. The van der Waals surface area contributed by atoms with E-state index in [4.69, 9.17) is 23.7 Å². The van der Waals surface area contributed by atoms with Crippen molar-refractivity contribution in [1.82, 2.24) is 0 Å². The lowest BCUT2D eigenvalue weighted by Gasteiger charge is -2.03. The number of hydrogen-bond donors (Lipinski definition) is 0. The minimum Gasteiger partial charge on any atom is -0.493 e. The van der Waals surface area contributed by atoms with Gasteiger partial charge in [-0.05, 0) is 55.5 Å². The van der Waals surface area contributed by atoms with Crippen LogP contribution in [0.2, 0.25) is 0 Å². The highest BCUT2D eigenvalue weighted by atomic mass is 16.7. The molecule has 0 amide bonds. The molecule has 2 heterocycles. The highest BCUT2D eigenvalue weighted by molar-refractivity contribution is 5.79. The fourth-order valence-corrected chi connectivity index (χ4v) is 2.84. The summed E-state index contributed by atoms with van der Waals surface area (Å²) in [5.74, 6) is 3.36. The Hall–Kier alpha value is -4.33. The first-order valence-corrected chi connectivity index (χ1v) is 10.0. The monoisotopic (exact) mass is 450 g/mol. The lowest BCUT2D eigenvalue weighted by molar-refractivity contribution is 0.111. The van der Waals surface area contributed by atoms with E-state index in [0.29, 0.717) is 52.0 Å². The van der Waals surface area contributed by atoms with Gasteiger partial charge in [-0.3, -0.25) is 14.4 Å². The quantitative estimate of drug-likeness (QED) is 0.529. The average molecular weight is 450 g/mol. The molecule has 0 unspecified atom stereocenters. The van der Waals surface area contributed by atoms with Crippen LogP contribution in [-0.4, -0.2) is 39.1 Å². The van der Waals surface area contributed by atoms with E-state index in [9.17, 15) is 14.4 Å². The molecule has 0 atom stereocenters. The molecule has 8 heteroatoms. The summed E-state index contributed by atoms with van der Waals surface area (Å²) in [4.78, 5) is 31.0. The minimum atomic E-state index is 0.248. The van der Waals surface area contributed by atoms with Gasteiger partial charge in [0.2, 0.25) is 13.6 Å². The van der Waals surface area contributed by atoms with Gasteiger partial charge in [-0.15, -0.1) is 0 Å². The van der Waals surface area contributed by atoms with Crippen LogP contribution >= 0.6 is 0 Å². The maximum atomic E-state index is 10.4. The van der Waals surface area contributed by atoms with Gasteiger partial charge in [-0.1, -0.05) is 12.1 Å². The first-order chi connectivity index (χ1) is 16.2. The SMILES string of the molecule is CCOc1ccccc1C=O.O=Cc1ccc2c(c1)OCO2.O=Cc1ccc2c(c1)OCO2. The van der Waals surface area contributed by atoms with Crippen molar-refractivity contribution >= 4 is 18.9 Å². The number of carbonyl (C=O) groups excluding carboxylic acids is 3. The van der Waals surface area contributed by atoms with E-state index < -0.39 is 0 Å². The lowest BCUT2D eigenvalue weighted by Crippen LogP contribution is -1.94. The molecular formula is C25H22O8. The van der Waals surface area contributed by atoms with Crippen LogP contribution in [0.5, 0.6) is 28.7 Å². The number of ether oxygens (including phenoxy) is 5. The summed E-state index contributed by atoms with van der Waals surface area (Å²) in [6.45, 7) is 2.97. The van der Waals surface area contributed by atoms with Gasteiger partial charge in [-0.2, -0.15) is 0 Å². The molecule has 5 rings (SSSR count). The van der Waals surface area contributed by atoms with Gasteiger partial charge >= 0.3 is 0 Å². The fraction of sp³-hybridized carbons (Fsp3) is 0.160. The molecule has 0 aliphatic carbocycles. The van der Waals surface area contributed by atoms with Crippen molar-refractivity contribution in [2.75, 3.05) is 20.2 Å². The van der Waals surface area contributed by atoms with E-state index >= 15 is 0 Å². The Balaban J connectivity index is 0.000000139. The second-order valence-electron chi connectivity index (χ2n) is 6.55. The van der Waals surface area contributed by atoms with Crippen molar-refractivity contribution < 1.29 is 38.1 Å². The number of carbonyl (C=O) groups is 3. The van der Waals surface area contributed by atoms with Gasteiger partial charge in [0.25, 0.3) is 0 Å². The summed E-state index contributed by atoms with van der Waals surface area (Å²) in [5.41, 5.74) is 1.82. The molecule has 3 aromatic rings. The Morgan fingerprint density at radius 2 is 1.21 bits per heavy atom. The highest BCUT2D eigenvalue weighted by Crippen LogP contribution is 2.32. The van der Waals surface area contributed by atoms with Gasteiger partial charge in [0.1, 0.15) is 18.3 Å². The van der Waals surface area contributed by atoms with E-state index in [1.165, 1.54) is 0 Å². The summed E-state index contributed by atoms with van der Waals surface area (Å²) in [7, 11) is 0. The number of hydrogen-bond acceptors (Lipinski definition) is 8. The predicted octanol–water partition coefficient (Wildman–Crippen LogP) is 4.35. The Morgan fingerprint density at radius 3 is 1.70 bits per heavy atom. The Labute approximate surface area is 190 Å². The number of aldehydes is 3. The van der Waals surface area contributed by atoms with E-state index in [-0.39, 0.29) is 13.6 Å². The summed E-state index contributed by atoms with van der Waals surface area (Å²) in [6, 6.07) is 17.3. The Kier molecular flexibility index (Phi) is 8.41. The zero-order chi connectivity index (χ0) is 23.5. The molecule has 2 aliphatic heterocycles. The largest absolute Gasteiger partial charge is 0.493 e. The molecular weight excluding hydrogens is 428 g/mol. The third-order valence-electron chi connectivity index (χ3n) is 4.41. The molecule has 3 aromatic carbocycles. The Bertz CT molecular complexity index is 1050. The van der Waals surface area contributed by atoms with Gasteiger partial charge < -0.3 is 23.7 Å². The number of benzene rings is 3. The molecule has 0 spiro atoms. The molecule has 2 aliphatic rings. The van der Waals surface area contributed by atoms with E-state index in [0.717, 1.165) is 18.9 Å². The predicted molar refractivity (Wildman–Crippen MR) is 119 cm³/mol. The van der Waals surface area contributed by atoms with Crippen LogP contribution < -0.4 is 23.7 Å². The van der Waals surface area contributed by atoms with Crippen molar-refractivity contribution in [2.24, 2.45) is 0 Å². The second-order valence-corrected chi connectivity index (χ2v) is 6.55. The smallest absolute Gasteiger partial charge is 0.231 e. The third kappa shape index (κ3) is 6.33. The topological polar surface area (TPSA) is 97.4 Å². The standard InChI is InChI=1S/C9H10O2.2C8H6O3/c1-2-11-9-6-4-3-5-8(9)7-10;2*9-4-6-1-2-7-8(3-6)11-5-10-7/h3-7H,2H2,1H3;2*1-4H,5H2. The van der Waals surface area contributed by atoms with Crippen LogP contribution in [0.15, 0.2) is 60.7 Å². The molecule has 0 fully saturated rings. The van der Waals surface area contributed by atoms with Gasteiger partial charge in [0.15, 0.2) is 29.3 Å². The van der Waals surface area contributed by atoms with E-state index in [2.05, 4.69) is 0 Å². The fourth-order valence-electron chi connectivity index (χ4n) is 2.84. The Morgan fingerprint density at radius 1 is 0.697 bits per heavy atom. The molecule has 33 heavy (non-hydrogen) atoms. The number of rotatable bonds is 5. The zero-order valence-corrected chi connectivity index (χ0v) is 17.9. The maximum Gasteiger partial charge on any atom is 0.231 e. The minimum absolute atomic E-state index is 0.248. The first-order valence-electron chi connectivity index (χ1n) is 10.0. The van der Waals surface area contributed by atoms with Crippen molar-refractivity contribution in [3.8, 4) is 28.7 Å². The zero-order valence-electron chi connectivity index (χ0n) is 17.9. The van der Waals surface area contributed by atoms with E-state index in [1.807, 2.05) is 19.1 Å². The van der Waals surface area contributed by atoms with Crippen LogP contribution in [0.25, 0.3) is 0 Å². The van der Waals surface area contributed by atoms with Crippen molar-refractivity contribution in [3.63, 3.8) is 0 Å². The van der Waals surface area contributed by atoms with Gasteiger partial charge in [0.05, 0.1) is 12.2 Å². The molecule has 0 saturated carbocycles. The molecule has 0 saturated heterocycles. The van der Waals surface area contributed by atoms with Crippen molar-refractivity contribution in [2.45, 2.75) is 6.92 Å². The third-order valence-corrected chi connectivity index (χ3v) is 4.41. The molecule has 170 valence electrons. The first kappa shape index (κ1) is 23.3. The van der Waals surface area contributed by atoms with Gasteiger partial charge in [-0.25, -0.2) is 0 Å². The normalized spacial score (nSPS) is 11.8. The summed E-state index contributed by atoms with van der Waals surface area (Å²) in [5, 5.41) is 0. The van der Waals surface area contributed by atoms with Crippen molar-refractivity contribution in [3.05, 3.63) is 77.4 Å².